The number of nitrogens with one attached hydrogen (secondary N) is 1. The molecule has 4 heteroatoms. The van der Waals surface area contributed by atoms with E-state index in [1.54, 1.807) is 24.3 Å². The van der Waals surface area contributed by atoms with Crippen molar-refractivity contribution in [3.8, 4) is 6.07 Å². The van der Waals surface area contributed by atoms with Gasteiger partial charge in [0.2, 0.25) is 0 Å². The normalized spacial score (nSPS) is 11.7. The molecular weight excluding hydrogens is 307 g/mol. The van der Waals surface area contributed by atoms with Crippen LogP contribution in [0.2, 0.25) is 0 Å². The molecule has 0 spiro atoms. The number of hydrogen-bond donors (Lipinski definition) is 1. The SMILES string of the molecule is CC(Nc1ccccc1C#N)c1cc(Br)ccc1F. The van der Waals surface area contributed by atoms with E-state index < -0.39 is 0 Å². The minimum absolute atomic E-state index is 0.230. The van der Waals surface area contributed by atoms with Crippen molar-refractivity contribution in [2.45, 2.75) is 13.0 Å². The topological polar surface area (TPSA) is 35.8 Å². The van der Waals surface area contributed by atoms with Gasteiger partial charge < -0.3 is 5.32 Å². The van der Waals surface area contributed by atoms with E-state index in [0.29, 0.717) is 16.8 Å². The fourth-order valence-corrected chi connectivity index (χ4v) is 2.24. The number of nitriles is 1. The lowest BCUT2D eigenvalue weighted by Gasteiger charge is -2.17. The fourth-order valence-electron chi connectivity index (χ4n) is 1.86. The highest BCUT2D eigenvalue weighted by atomic mass is 79.9. The third kappa shape index (κ3) is 3.12. The molecule has 1 N–H and O–H groups in total. The van der Waals surface area contributed by atoms with Gasteiger partial charge in [0.05, 0.1) is 17.3 Å². The van der Waals surface area contributed by atoms with Gasteiger partial charge in [-0.3, -0.25) is 0 Å². The first-order chi connectivity index (χ1) is 9.11. The lowest BCUT2D eigenvalue weighted by Crippen LogP contribution is -2.09. The molecule has 0 aromatic heterocycles. The van der Waals surface area contributed by atoms with Crippen LogP contribution in [0.3, 0.4) is 0 Å². The molecule has 0 bridgehead atoms. The predicted molar refractivity (Wildman–Crippen MR) is 77.3 cm³/mol. The van der Waals surface area contributed by atoms with E-state index in [2.05, 4.69) is 27.3 Å². The van der Waals surface area contributed by atoms with E-state index in [1.807, 2.05) is 19.1 Å². The molecule has 0 heterocycles. The Morgan fingerprint density at radius 3 is 2.74 bits per heavy atom. The van der Waals surface area contributed by atoms with Gasteiger partial charge in [0.15, 0.2) is 0 Å². The first-order valence-corrected chi connectivity index (χ1v) is 6.61. The lowest BCUT2D eigenvalue weighted by molar-refractivity contribution is 0.600. The lowest BCUT2D eigenvalue weighted by atomic mass is 10.1. The average molecular weight is 319 g/mol. The second-order valence-corrected chi connectivity index (χ2v) is 5.10. The van der Waals surface area contributed by atoms with Gasteiger partial charge in [-0.2, -0.15) is 5.26 Å². The first-order valence-electron chi connectivity index (χ1n) is 5.82. The van der Waals surface area contributed by atoms with Crippen molar-refractivity contribution in [3.63, 3.8) is 0 Å². The van der Waals surface area contributed by atoms with Crippen molar-refractivity contribution in [2.24, 2.45) is 0 Å². The van der Waals surface area contributed by atoms with Crippen LogP contribution in [0.4, 0.5) is 10.1 Å². The minimum atomic E-state index is -0.266. The second kappa shape index (κ2) is 5.85. The molecule has 0 amide bonds. The summed E-state index contributed by atoms with van der Waals surface area (Å²) in [6, 6.07) is 13.9. The monoisotopic (exact) mass is 318 g/mol. The highest BCUT2D eigenvalue weighted by Gasteiger charge is 2.12. The summed E-state index contributed by atoms with van der Waals surface area (Å²) in [6.07, 6.45) is 0. The van der Waals surface area contributed by atoms with Crippen molar-refractivity contribution in [1.29, 1.82) is 5.26 Å². The average Bonchev–Trinajstić information content (AvgIpc) is 2.42. The van der Waals surface area contributed by atoms with Crippen LogP contribution in [0.15, 0.2) is 46.9 Å². The number of anilines is 1. The smallest absolute Gasteiger partial charge is 0.128 e. The van der Waals surface area contributed by atoms with Gasteiger partial charge in [0.25, 0.3) is 0 Å². The Morgan fingerprint density at radius 2 is 2.00 bits per heavy atom. The largest absolute Gasteiger partial charge is 0.377 e. The highest BCUT2D eigenvalue weighted by molar-refractivity contribution is 9.10. The number of benzene rings is 2. The molecule has 1 unspecified atom stereocenters. The molecule has 2 aromatic rings. The molecule has 0 aliphatic rings. The number of hydrogen-bond acceptors (Lipinski definition) is 2. The standard InChI is InChI=1S/C15H12BrFN2/c1-10(13-8-12(16)6-7-14(13)17)19-15-5-3-2-4-11(15)9-18/h2-8,10,19H,1H3. The molecule has 19 heavy (non-hydrogen) atoms. The minimum Gasteiger partial charge on any atom is -0.377 e. The summed E-state index contributed by atoms with van der Waals surface area (Å²) < 4.78 is 14.6. The summed E-state index contributed by atoms with van der Waals surface area (Å²) in [4.78, 5) is 0. The van der Waals surface area contributed by atoms with Crippen LogP contribution >= 0.6 is 15.9 Å². The van der Waals surface area contributed by atoms with Gasteiger partial charge in [0.1, 0.15) is 11.9 Å². The van der Waals surface area contributed by atoms with Crippen LogP contribution in [0, 0.1) is 17.1 Å². The maximum absolute atomic E-state index is 13.8. The van der Waals surface area contributed by atoms with E-state index in [9.17, 15) is 4.39 Å². The van der Waals surface area contributed by atoms with Crippen LogP contribution in [0.5, 0.6) is 0 Å². The van der Waals surface area contributed by atoms with Crippen LogP contribution < -0.4 is 5.32 Å². The van der Waals surface area contributed by atoms with Gasteiger partial charge in [-0.25, -0.2) is 4.39 Å². The van der Waals surface area contributed by atoms with Crippen LogP contribution in [0.1, 0.15) is 24.1 Å². The van der Waals surface area contributed by atoms with Crippen molar-refractivity contribution < 1.29 is 4.39 Å². The Bertz CT molecular complexity index is 634. The number of nitrogens with zero attached hydrogens (tertiary/aromatic N) is 1. The molecular formula is C15H12BrFN2. The zero-order chi connectivity index (χ0) is 13.8. The maximum atomic E-state index is 13.8. The van der Waals surface area contributed by atoms with Crippen LogP contribution in [-0.2, 0) is 0 Å². The zero-order valence-corrected chi connectivity index (χ0v) is 11.9. The zero-order valence-electron chi connectivity index (χ0n) is 10.3. The van der Waals surface area contributed by atoms with E-state index in [0.717, 1.165) is 4.47 Å². The van der Waals surface area contributed by atoms with E-state index in [4.69, 9.17) is 5.26 Å². The summed E-state index contributed by atoms with van der Waals surface area (Å²) in [6.45, 7) is 1.86. The predicted octanol–water partition coefficient (Wildman–Crippen LogP) is 4.63. The quantitative estimate of drug-likeness (QED) is 0.895. The number of rotatable bonds is 3. The third-order valence-electron chi connectivity index (χ3n) is 2.84. The maximum Gasteiger partial charge on any atom is 0.128 e. The summed E-state index contributed by atoms with van der Waals surface area (Å²) in [5, 5.41) is 12.2. The second-order valence-electron chi connectivity index (χ2n) is 4.19. The molecule has 0 saturated heterocycles. The molecule has 1 atom stereocenters. The molecule has 2 aromatic carbocycles. The third-order valence-corrected chi connectivity index (χ3v) is 3.34. The first kappa shape index (κ1) is 13.6. The Kier molecular flexibility index (Phi) is 4.18. The molecule has 0 aliphatic heterocycles. The van der Waals surface area contributed by atoms with Gasteiger partial charge in [-0.1, -0.05) is 28.1 Å². The van der Waals surface area contributed by atoms with Crippen LogP contribution in [-0.4, -0.2) is 0 Å². The summed E-state index contributed by atoms with van der Waals surface area (Å²) in [5.41, 5.74) is 1.81. The fraction of sp³-hybridized carbons (Fsp3) is 0.133. The molecule has 0 saturated carbocycles. The molecule has 0 aliphatic carbocycles. The van der Waals surface area contributed by atoms with Gasteiger partial charge in [-0.05, 0) is 37.3 Å². The van der Waals surface area contributed by atoms with Crippen molar-refractivity contribution in [3.05, 3.63) is 63.9 Å². The molecule has 0 radical (unpaired) electrons. The van der Waals surface area contributed by atoms with Crippen molar-refractivity contribution >= 4 is 21.6 Å². The van der Waals surface area contributed by atoms with Crippen molar-refractivity contribution in [1.82, 2.24) is 0 Å². The summed E-state index contributed by atoms with van der Waals surface area (Å²) in [5.74, 6) is -0.266. The van der Waals surface area contributed by atoms with Gasteiger partial charge in [0, 0.05) is 10.0 Å². The van der Waals surface area contributed by atoms with E-state index >= 15 is 0 Å². The summed E-state index contributed by atoms with van der Waals surface area (Å²) in [7, 11) is 0. The number of halogens is 2. The Hall–Kier alpha value is -1.86. The van der Waals surface area contributed by atoms with Crippen LogP contribution in [0.25, 0.3) is 0 Å². The molecule has 96 valence electrons. The van der Waals surface area contributed by atoms with Gasteiger partial charge in [-0.15, -0.1) is 0 Å². The molecule has 2 nitrogen and oxygen atoms in total. The Balaban J connectivity index is 2.28. The van der Waals surface area contributed by atoms with E-state index in [-0.39, 0.29) is 11.9 Å². The Morgan fingerprint density at radius 1 is 1.26 bits per heavy atom. The van der Waals surface area contributed by atoms with Gasteiger partial charge >= 0.3 is 0 Å². The van der Waals surface area contributed by atoms with Crippen molar-refractivity contribution in [2.75, 3.05) is 5.32 Å². The summed E-state index contributed by atoms with van der Waals surface area (Å²) >= 11 is 3.33. The Labute approximate surface area is 120 Å². The number of para-hydroxylation sites is 1. The van der Waals surface area contributed by atoms with E-state index in [1.165, 1.54) is 6.07 Å². The molecule has 0 fully saturated rings. The highest BCUT2D eigenvalue weighted by Crippen LogP contribution is 2.26. The molecule has 2 rings (SSSR count).